The lowest BCUT2D eigenvalue weighted by Gasteiger charge is -2.19. The Morgan fingerprint density at radius 1 is 1.61 bits per heavy atom. The van der Waals surface area contributed by atoms with Gasteiger partial charge in [0.2, 0.25) is 5.91 Å². The number of nitrogens with two attached hydrogens (primary N) is 1. The number of amides is 1. The second-order valence-corrected chi connectivity index (χ2v) is 7.37. The van der Waals surface area contributed by atoms with E-state index in [4.69, 9.17) is 17.3 Å². The van der Waals surface area contributed by atoms with Crippen molar-refractivity contribution in [1.29, 1.82) is 0 Å². The average molecular weight is 312 g/mol. The maximum Gasteiger partial charge on any atom is 0.254 e. The third-order valence-corrected chi connectivity index (χ3v) is 5.54. The van der Waals surface area contributed by atoms with Crippen LogP contribution in [0.2, 0.25) is 4.47 Å². The molecule has 0 fully saturated rings. The highest BCUT2D eigenvalue weighted by Crippen LogP contribution is 2.25. The molecule has 0 atom stereocenters. The maximum absolute atomic E-state index is 12.2. The van der Waals surface area contributed by atoms with Gasteiger partial charge in [0.1, 0.15) is 0 Å². The van der Waals surface area contributed by atoms with Crippen LogP contribution in [0, 0.1) is 0 Å². The zero-order chi connectivity index (χ0) is 13.8. The molecule has 9 heteroatoms. The molecule has 0 aliphatic rings. The summed E-state index contributed by atoms with van der Waals surface area (Å²) in [6.07, 6.45) is 2.65. The van der Waals surface area contributed by atoms with E-state index in [9.17, 15) is 13.2 Å². The fourth-order valence-electron chi connectivity index (χ4n) is 1.28. The van der Waals surface area contributed by atoms with Gasteiger partial charge < -0.3 is 5.73 Å². The van der Waals surface area contributed by atoms with Gasteiger partial charge in [-0.1, -0.05) is 36.3 Å². The summed E-state index contributed by atoms with van der Waals surface area (Å²) in [6, 6.07) is 0. The SMILES string of the molecule is CCCCN(CC(N)=O)S(=O)(=O)c1cnc(Cl)s1. The molecule has 0 spiro atoms. The van der Waals surface area contributed by atoms with Crippen LogP contribution in [0.15, 0.2) is 10.4 Å². The summed E-state index contributed by atoms with van der Waals surface area (Å²) in [4.78, 5) is 14.6. The van der Waals surface area contributed by atoms with Crippen molar-refractivity contribution in [3.8, 4) is 0 Å². The Morgan fingerprint density at radius 3 is 2.72 bits per heavy atom. The molecule has 0 bridgehead atoms. The molecule has 0 radical (unpaired) electrons. The minimum atomic E-state index is -3.74. The Morgan fingerprint density at radius 2 is 2.28 bits per heavy atom. The smallest absolute Gasteiger partial charge is 0.254 e. The van der Waals surface area contributed by atoms with E-state index in [2.05, 4.69) is 4.98 Å². The zero-order valence-corrected chi connectivity index (χ0v) is 12.2. The Balaban J connectivity index is 2.98. The highest BCUT2D eigenvalue weighted by molar-refractivity contribution is 7.91. The summed E-state index contributed by atoms with van der Waals surface area (Å²) in [5.41, 5.74) is 5.06. The van der Waals surface area contributed by atoms with Crippen LogP contribution in [0.5, 0.6) is 0 Å². The van der Waals surface area contributed by atoms with E-state index in [1.165, 1.54) is 6.20 Å². The molecule has 2 N–H and O–H groups in total. The van der Waals surface area contributed by atoms with E-state index in [1.807, 2.05) is 6.92 Å². The number of sulfonamides is 1. The number of hydrogen-bond donors (Lipinski definition) is 1. The van der Waals surface area contributed by atoms with Gasteiger partial charge in [-0.25, -0.2) is 13.4 Å². The highest BCUT2D eigenvalue weighted by atomic mass is 35.5. The van der Waals surface area contributed by atoms with Gasteiger partial charge >= 0.3 is 0 Å². The van der Waals surface area contributed by atoms with Crippen molar-refractivity contribution in [3.05, 3.63) is 10.7 Å². The number of aromatic nitrogens is 1. The lowest BCUT2D eigenvalue weighted by atomic mass is 10.3. The predicted molar refractivity (Wildman–Crippen MR) is 70.0 cm³/mol. The molecule has 1 aromatic rings. The standard InChI is InChI=1S/C9H14ClN3O3S2/c1-2-3-4-13(6-7(11)14)18(15,16)8-5-12-9(10)17-8/h5H,2-4,6H2,1H3,(H2,11,14). The van der Waals surface area contributed by atoms with Crippen LogP contribution >= 0.6 is 22.9 Å². The molecular weight excluding hydrogens is 298 g/mol. The first kappa shape index (κ1) is 15.4. The van der Waals surface area contributed by atoms with Gasteiger partial charge in [0.05, 0.1) is 12.7 Å². The van der Waals surface area contributed by atoms with Gasteiger partial charge in [-0.15, -0.1) is 0 Å². The molecule has 0 aliphatic carbocycles. The molecule has 1 amide bonds. The second kappa shape index (κ2) is 6.46. The van der Waals surface area contributed by atoms with Crippen LogP contribution in [0.1, 0.15) is 19.8 Å². The molecule has 18 heavy (non-hydrogen) atoms. The molecule has 1 rings (SSSR count). The molecule has 0 saturated carbocycles. The van der Waals surface area contributed by atoms with Crippen LogP contribution in [0.25, 0.3) is 0 Å². The highest BCUT2D eigenvalue weighted by Gasteiger charge is 2.27. The van der Waals surface area contributed by atoms with Crippen molar-refractivity contribution in [3.63, 3.8) is 0 Å². The van der Waals surface area contributed by atoms with Crippen LogP contribution in [-0.2, 0) is 14.8 Å². The van der Waals surface area contributed by atoms with E-state index < -0.39 is 15.9 Å². The Labute approximate surface area is 115 Å². The normalized spacial score (nSPS) is 11.9. The van der Waals surface area contributed by atoms with Crippen LogP contribution in [0.3, 0.4) is 0 Å². The van der Waals surface area contributed by atoms with Crippen molar-refractivity contribution in [2.75, 3.05) is 13.1 Å². The Bertz CT molecular complexity index is 515. The summed E-state index contributed by atoms with van der Waals surface area (Å²) >= 11 is 6.47. The van der Waals surface area contributed by atoms with Gasteiger partial charge in [-0.2, -0.15) is 4.31 Å². The van der Waals surface area contributed by atoms with Crippen LogP contribution < -0.4 is 5.73 Å². The largest absolute Gasteiger partial charge is 0.369 e. The molecule has 0 aliphatic heterocycles. The number of thiazole rings is 1. The van der Waals surface area contributed by atoms with Crippen molar-refractivity contribution < 1.29 is 13.2 Å². The summed E-state index contributed by atoms with van der Waals surface area (Å²) in [5.74, 6) is -0.690. The molecular formula is C9H14ClN3O3S2. The van der Waals surface area contributed by atoms with Crippen molar-refractivity contribution in [2.24, 2.45) is 5.73 Å². The first-order valence-corrected chi connectivity index (χ1v) is 7.91. The van der Waals surface area contributed by atoms with Crippen LogP contribution in [-0.4, -0.2) is 36.7 Å². The molecule has 0 aromatic carbocycles. The molecule has 1 heterocycles. The van der Waals surface area contributed by atoms with E-state index in [-0.39, 0.29) is 21.8 Å². The van der Waals surface area contributed by atoms with E-state index in [0.717, 1.165) is 22.1 Å². The number of carbonyl (C=O) groups excluding carboxylic acids is 1. The fraction of sp³-hybridized carbons (Fsp3) is 0.556. The maximum atomic E-state index is 12.2. The summed E-state index contributed by atoms with van der Waals surface area (Å²) in [6.45, 7) is 1.84. The number of carbonyl (C=O) groups is 1. The first-order chi connectivity index (χ1) is 8.37. The Hall–Kier alpha value is -0.700. The minimum Gasteiger partial charge on any atom is -0.369 e. The molecule has 1 aromatic heterocycles. The van der Waals surface area contributed by atoms with Crippen molar-refractivity contribution in [2.45, 2.75) is 24.0 Å². The third kappa shape index (κ3) is 3.91. The van der Waals surface area contributed by atoms with Crippen molar-refractivity contribution >= 4 is 38.9 Å². The summed E-state index contributed by atoms with van der Waals surface area (Å²) < 4.78 is 25.7. The third-order valence-electron chi connectivity index (χ3n) is 2.14. The van der Waals surface area contributed by atoms with E-state index in [1.54, 1.807) is 0 Å². The lowest BCUT2D eigenvalue weighted by molar-refractivity contribution is -0.118. The summed E-state index contributed by atoms with van der Waals surface area (Å²) in [7, 11) is -3.74. The van der Waals surface area contributed by atoms with Gasteiger partial charge in [-0.05, 0) is 6.42 Å². The van der Waals surface area contributed by atoms with E-state index in [0.29, 0.717) is 6.42 Å². The number of hydrogen-bond acceptors (Lipinski definition) is 5. The minimum absolute atomic E-state index is 0.0184. The summed E-state index contributed by atoms with van der Waals surface area (Å²) in [5, 5.41) is 0. The first-order valence-electron chi connectivity index (χ1n) is 5.27. The van der Waals surface area contributed by atoms with Gasteiger partial charge in [0, 0.05) is 6.54 Å². The fourth-order valence-corrected chi connectivity index (χ4v) is 4.17. The van der Waals surface area contributed by atoms with Crippen LogP contribution in [0.4, 0.5) is 0 Å². The second-order valence-electron chi connectivity index (χ2n) is 3.59. The van der Waals surface area contributed by atoms with Crippen molar-refractivity contribution in [1.82, 2.24) is 9.29 Å². The topological polar surface area (TPSA) is 93.4 Å². The molecule has 0 saturated heterocycles. The zero-order valence-electron chi connectivity index (χ0n) is 9.80. The number of unbranched alkanes of at least 4 members (excludes halogenated alkanes) is 1. The lowest BCUT2D eigenvalue weighted by Crippen LogP contribution is -2.38. The van der Waals surface area contributed by atoms with Gasteiger partial charge in [0.25, 0.3) is 10.0 Å². The number of halogens is 1. The number of rotatable bonds is 7. The predicted octanol–water partition coefficient (Wildman–Crippen LogP) is 1.07. The monoisotopic (exact) mass is 311 g/mol. The van der Waals surface area contributed by atoms with Gasteiger partial charge in [0.15, 0.2) is 8.68 Å². The Kier molecular flexibility index (Phi) is 5.51. The van der Waals surface area contributed by atoms with E-state index >= 15 is 0 Å². The average Bonchev–Trinajstić information content (AvgIpc) is 2.71. The molecule has 0 unspecified atom stereocenters. The quantitative estimate of drug-likeness (QED) is 0.815. The number of primary amides is 1. The molecule has 6 nitrogen and oxygen atoms in total. The number of nitrogens with zero attached hydrogens (tertiary/aromatic N) is 2. The molecule has 102 valence electrons. The van der Waals surface area contributed by atoms with Gasteiger partial charge in [-0.3, -0.25) is 4.79 Å².